The van der Waals surface area contributed by atoms with Crippen molar-refractivity contribution in [2.45, 2.75) is 53.4 Å². The first-order valence-corrected chi connectivity index (χ1v) is 5.28. The van der Waals surface area contributed by atoms with Crippen LogP contribution in [-0.2, 0) is 0 Å². The summed E-state index contributed by atoms with van der Waals surface area (Å²) in [7, 11) is 0. The molecule has 12 heavy (non-hydrogen) atoms. The van der Waals surface area contributed by atoms with Gasteiger partial charge in [0.2, 0.25) is 0 Å². The first-order chi connectivity index (χ1) is 5.61. The van der Waals surface area contributed by atoms with Gasteiger partial charge in [-0.05, 0) is 31.1 Å². The van der Waals surface area contributed by atoms with Gasteiger partial charge in [0.25, 0.3) is 0 Å². The van der Waals surface area contributed by atoms with E-state index in [1.807, 2.05) is 0 Å². The Morgan fingerprint density at radius 1 is 1.58 bits per heavy atom. The van der Waals surface area contributed by atoms with E-state index in [0.29, 0.717) is 5.41 Å². The van der Waals surface area contributed by atoms with Gasteiger partial charge >= 0.3 is 0 Å². The molecule has 0 radical (unpaired) electrons. The van der Waals surface area contributed by atoms with Crippen LogP contribution in [0.25, 0.3) is 0 Å². The van der Waals surface area contributed by atoms with E-state index in [1.54, 1.807) is 5.57 Å². The second-order valence-electron chi connectivity index (χ2n) is 4.55. The molecule has 1 rings (SSSR count). The first kappa shape index (κ1) is 9.83. The molecule has 1 aliphatic rings. The SMILES string of the molecule is CCCCC=C(C)C1(C)CC1C. The number of hydrogen-bond donors (Lipinski definition) is 0. The van der Waals surface area contributed by atoms with Crippen LogP contribution in [0.5, 0.6) is 0 Å². The van der Waals surface area contributed by atoms with Crippen LogP contribution in [0.4, 0.5) is 0 Å². The fraction of sp³-hybridized carbons (Fsp3) is 0.833. The van der Waals surface area contributed by atoms with Crippen LogP contribution < -0.4 is 0 Å². The molecule has 0 amide bonds. The Kier molecular flexibility index (Phi) is 2.98. The van der Waals surface area contributed by atoms with Crippen molar-refractivity contribution in [2.24, 2.45) is 11.3 Å². The smallest absolute Gasteiger partial charge is 0.00904 e. The summed E-state index contributed by atoms with van der Waals surface area (Å²) in [6, 6.07) is 0. The van der Waals surface area contributed by atoms with Gasteiger partial charge in [-0.15, -0.1) is 0 Å². The second-order valence-corrected chi connectivity index (χ2v) is 4.55. The van der Waals surface area contributed by atoms with Gasteiger partial charge in [0, 0.05) is 0 Å². The summed E-state index contributed by atoms with van der Waals surface area (Å²) in [5, 5.41) is 0. The van der Waals surface area contributed by atoms with Crippen molar-refractivity contribution >= 4 is 0 Å². The van der Waals surface area contributed by atoms with Crippen molar-refractivity contribution in [3.05, 3.63) is 11.6 Å². The summed E-state index contributed by atoms with van der Waals surface area (Å²) < 4.78 is 0. The third-order valence-electron chi connectivity index (χ3n) is 3.57. The van der Waals surface area contributed by atoms with Gasteiger partial charge < -0.3 is 0 Å². The standard InChI is InChI=1S/C12H22/c1-5-6-7-8-10(2)12(4)9-11(12)3/h8,11H,5-7,9H2,1-4H3. The zero-order chi connectivity index (χ0) is 9.19. The third-order valence-corrected chi connectivity index (χ3v) is 3.57. The molecule has 0 aromatic carbocycles. The summed E-state index contributed by atoms with van der Waals surface area (Å²) in [6.45, 7) is 9.32. The molecule has 0 heterocycles. The minimum absolute atomic E-state index is 0.577. The van der Waals surface area contributed by atoms with E-state index in [9.17, 15) is 0 Å². The van der Waals surface area contributed by atoms with E-state index in [1.165, 1.54) is 25.7 Å². The zero-order valence-corrected chi connectivity index (χ0v) is 8.98. The number of unbranched alkanes of at least 4 members (excludes halogenated alkanes) is 2. The van der Waals surface area contributed by atoms with Gasteiger partial charge in [0.15, 0.2) is 0 Å². The topological polar surface area (TPSA) is 0 Å². The number of allylic oxidation sites excluding steroid dienone is 2. The molecule has 2 unspecified atom stereocenters. The molecule has 1 aliphatic carbocycles. The highest BCUT2D eigenvalue weighted by Gasteiger charge is 2.47. The van der Waals surface area contributed by atoms with Gasteiger partial charge in [-0.3, -0.25) is 0 Å². The molecule has 0 heteroatoms. The summed E-state index contributed by atoms with van der Waals surface area (Å²) >= 11 is 0. The van der Waals surface area contributed by atoms with Crippen molar-refractivity contribution < 1.29 is 0 Å². The molecule has 0 spiro atoms. The number of hydrogen-bond acceptors (Lipinski definition) is 0. The van der Waals surface area contributed by atoms with Crippen molar-refractivity contribution in [3.63, 3.8) is 0 Å². The third kappa shape index (κ3) is 1.91. The molecule has 1 saturated carbocycles. The predicted octanol–water partition coefficient (Wildman–Crippen LogP) is 4.17. The van der Waals surface area contributed by atoms with Crippen LogP contribution in [-0.4, -0.2) is 0 Å². The van der Waals surface area contributed by atoms with Crippen molar-refractivity contribution in [1.82, 2.24) is 0 Å². The maximum Gasteiger partial charge on any atom is -0.00904 e. The summed E-state index contributed by atoms with van der Waals surface area (Å²) in [5.41, 5.74) is 2.21. The Bertz CT molecular complexity index is 178. The lowest BCUT2D eigenvalue weighted by Gasteiger charge is -2.10. The fourth-order valence-corrected chi connectivity index (χ4v) is 1.88. The Balaban J connectivity index is 2.37. The fourth-order valence-electron chi connectivity index (χ4n) is 1.88. The Morgan fingerprint density at radius 3 is 2.58 bits per heavy atom. The molecular weight excluding hydrogens is 144 g/mol. The first-order valence-electron chi connectivity index (χ1n) is 5.28. The second kappa shape index (κ2) is 3.64. The summed E-state index contributed by atoms with van der Waals surface area (Å²) in [6.07, 6.45) is 7.80. The van der Waals surface area contributed by atoms with Gasteiger partial charge in [-0.2, -0.15) is 0 Å². The van der Waals surface area contributed by atoms with E-state index in [0.717, 1.165) is 5.92 Å². The molecule has 2 atom stereocenters. The van der Waals surface area contributed by atoms with E-state index >= 15 is 0 Å². The lowest BCUT2D eigenvalue weighted by molar-refractivity contribution is 0.613. The summed E-state index contributed by atoms with van der Waals surface area (Å²) in [4.78, 5) is 0. The van der Waals surface area contributed by atoms with Crippen molar-refractivity contribution in [2.75, 3.05) is 0 Å². The maximum absolute atomic E-state index is 2.45. The van der Waals surface area contributed by atoms with Gasteiger partial charge in [0.1, 0.15) is 0 Å². The normalized spacial score (nSPS) is 35.3. The van der Waals surface area contributed by atoms with Gasteiger partial charge in [-0.1, -0.05) is 45.3 Å². The van der Waals surface area contributed by atoms with E-state index in [2.05, 4.69) is 33.8 Å². The molecular formula is C12H22. The molecule has 0 aromatic heterocycles. The molecule has 0 nitrogen and oxygen atoms in total. The van der Waals surface area contributed by atoms with Crippen molar-refractivity contribution in [1.29, 1.82) is 0 Å². The number of rotatable bonds is 4. The molecule has 0 saturated heterocycles. The Morgan fingerprint density at radius 2 is 2.17 bits per heavy atom. The molecule has 1 fully saturated rings. The van der Waals surface area contributed by atoms with Crippen LogP contribution in [0.2, 0.25) is 0 Å². The average molecular weight is 166 g/mol. The van der Waals surface area contributed by atoms with Crippen molar-refractivity contribution in [3.8, 4) is 0 Å². The molecule has 0 aliphatic heterocycles. The zero-order valence-electron chi connectivity index (χ0n) is 8.98. The summed E-state index contributed by atoms with van der Waals surface area (Å²) in [5.74, 6) is 0.926. The Hall–Kier alpha value is -0.260. The van der Waals surface area contributed by atoms with E-state index in [4.69, 9.17) is 0 Å². The highest BCUT2D eigenvalue weighted by molar-refractivity contribution is 5.20. The average Bonchev–Trinajstić information content (AvgIpc) is 2.62. The molecule has 0 bridgehead atoms. The minimum Gasteiger partial charge on any atom is -0.0850 e. The largest absolute Gasteiger partial charge is 0.0850 e. The molecule has 0 aromatic rings. The van der Waals surface area contributed by atoms with Crippen LogP contribution in [0.15, 0.2) is 11.6 Å². The lowest BCUT2D eigenvalue weighted by atomic mass is 9.96. The highest BCUT2D eigenvalue weighted by atomic mass is 14.5. The molecule has 0 N–H and O–H groups in total. The lowest BCUT2D eigenvalue weighted by Crippen LogP contribution is -1.97. The monoisotopic (exact) mass is 166 g/mol. The minimum atomic E-state index is 0.577. The Labute approximate surface area is 77.1 Å². The van der Waals surface area contributed by atoms with Crippen LogP contribution in [0.3, 0.4) is 0 Å². The maximum atomic E-state index is 2.45. The van der Waals surface area contributed by atoms with Crippen LogP contribution in [0.1, 0.15) is 53.4 Å². The molecule has 70 valence electrons. The van der Waals surface area contributed by atoms with E-state index in [-0.39, 0.29) is 0 Å². The predicted molar refractivity (Wildman–Crippen MR) is 55.2 cm³/mol. The quantitative estimate of drug-likeness (QED) is 0.434. The van der Waals surface area contributed by atoms with Crippen LogP contribution in [0, 0.1) is 11.3 Å². The van der Waals surface area contributed by atoms with Gasteiger partial charge in [-0.25, -0.2) is 0 Å². The highest BCUT2D eigenvalue weighted by Crippen LogP contribution is 2.56. The van der Waals surface area contributed by atoms with Gasteiger partial charge in [0.05, 0.1) is 0 Å². The van der Waals surface area contributed by atoms with Crippen LogP contribution >= 0.6 is 0 Å². The van der Waals surface area contributed by atoms with E-state index < -0.39 is 0 Å².